The Balaban J connectivity index is 1.65. The molecule has 0 unspecified atom stereocenters. The van der Waals surface area contributed by atoms with Crippen LogP contribution in [0.5, 0.6) is 0 Å². The number of ether oxygens (including phenoxy) is 1. The number of furan rings is 1. The molecule has 0 bridgehead atoms. The van der Waals surface area contributed by atoms with Crippen LogP contribution in [0.1, 0.15) is 38.4 Å². The molecule has 6 nitrogen and oxygen atoms in total. The van der Waals surface area contributed by atoms with Gasteiger partial charge in [0.2, 0.25) is 5.88 Å². The molecule has 0 aliphatic carbocycles. The van der Waals surface area contributed by atoms with Crippen LogP contribution in [-0.2, 0) is 16.0 Å². The molecular weight excluding hydrogens is 368 g/mol. The van der Waals surface area contributed by atoms with Crippen LogP contribution in [0.15, 0.2) is 59.0 Å². The molecule has 0 atom stereocenters. The molecule has 3 aromatic rings. The summed E-state index contributed by atoms with van der Waals surface area (Å²) in [6, 6.07) is 18.9. The molecule has 1 N–H and O–H groups in total. The number of esters is 1. The summed E-state index contributed by atoms with van der Waals surface area (Å²) < 4.78 is 10.6. The van der Waals surface area contributed by atoms with Crippen LogP contribution in [0.2, 0.25) is 0 Å². The molecular formula is C23H20N2O4. The van der Waals surface area contributed by atoms with Crippen molar-refractivity contribution in [1.29, 1.82) is 5.26 Å². The monoisotopic (exact) mass is 388 g/mol. The number of carbonyl (C=O) groups is 2. The number of rotatable bonds is 6. The van der Waals surface area contributed by atoms with Gasteiger partial charge >= 0.3 is 5.97 Å². The van der Waals surface area contributed by atoms with Crippen LogP contribution < -0.4 is 5.32 Å². The van der Waals surface area contributed by atoms with Gasteiger partial charge in [-0.25, -0.2) is 4.79 Å². The Labute approximate surface area is 168 Å². The second-order valence-corrected chi connectivity index (χ2v) is 6.54. The molecule has 3 rings (SSSR count). The van der Waals surface area contributed by atoms with E-state index in [1.807, 2.05) is 48.5 Å². The predicted molar refractivity (Wildman–Crippen MR) is 107 cm³/mol. The van der Waals surface area contributed by atoms with Crippen molar-refractivity contribution in [3.63, 3.8) is 0 Å². The number of nitrogens with one attached hydrogen (secondary N) is 1. The maximum atomic E-state index is 12.5. The Morgan fingerprint density at radius 1 is 1.07 bits per heavy atom. The molecule has 29 heavy (non-hydrogen) atoms. The van der Waals surface area contributed by atoms with Crippen LogP contribution in [0.4, 0.5) is 5.88 Å². The van der Waals surface area contributed by atoms with E-state index in [4.69, 9.17) is 9.15 Å². The first-order valence-electron chi connectivity index (χ1n) is 9.08. The van der Waals surface area contributed by atoms with Crippen molar-refractivity contribution >= 4 is 17.8 Å². The maximum Gasteiger partial charge on any atom is 0.338 e. The maximum absolute atomic E-state index is 12.5. The molecule has 0 spiro atoms. The lowest BCUT2D eigenvalue weighted by atomic mass is 10.00. The average Bonchev–Trinajstić information content (AvgIpc) is 2.99. The molecule has 146 valence electrons. The van der Waals surface area contributed by atoms with Crippen molar-refractivity contribution in [2.75, 3.05) is 11.9 Å². The zero-order chi connectivity index (χ0) is 20.8. The van der Waals surface area contributed by atoms with Crippen molar-refractivity contribution in [3.05, 3.63) is 88.2 Å². The Hall–Kier alpha value is -3.85. The summed E-state index contributed by atoms with van der Waals surface area (Å²) in [5.41, 5.74) is 3.21. The topological polar surface area (TPSA) is 92.3 Å². The number of aryl methyl sites for hydroxylation is 1. The van der Waals surface area contributed by atoms with Gasteiger partial charge in [0.25, 0.3) is 5.91 Å². The molecule has 1 heterocycles. The second-order valence-electron chi connectivity index (χ2n) is 6.54. The van der Waals surface area contributed by atoms with Crippen molar-refractivity contribution in [3.8, 4) is 6.07 Å². The Bertz CT molecular complexity index is 1080. The van der Waals surface area contributed by atoms with Crippen LogP contribution in [0.3, 0.4) is 0 Å². The van der Waals surface area contributed by atoms with Crippen molar-refractivity contribution in [2.24, 2.45) is 0 Å². The summed E-state index contributed by atoms with van der Waals surface area (Å²) in [5.74, 6) is -0.556. The molecule has 0 saturated carbocycles. The molecule has 0 saturated heterocycles. The summed E-state index contributed by atoms with van der Waals surface area (Å²) >= 11 is 0. The summed E-state index contributed by atoms with van der Waals surface area (Å²) in [4.78, 5) is 24.7. The van der Waals surface area contributed by atoms with Crippen molar-refractivity contribution < 1.29 is 18.7 Å². The minimum Gasteiger partial charge on any atom is -0.452 e. The number of carbonyl (C=O) groups excluding carboxylic acids is 2. The van der Waals surface area contributed by atoms with Crippen LogP contribution in [0.25, 0.3) is 0 Å². The van der Waals surface area contributed by atoms with E-state index in [2.05, 4.69) is 5.32 Å². The highest BCUT2D eigenvalue weighted by molar-refractivity contribution is 5.96. The minimum absolute atomic E-state index is 0.0630. The van der Waals surface area contributed by atoms with E-state index in [1.54, 1.807) is 26.0 Å². The number of anilines is 1. The molecule has 0 aliphatic heterocycles. The fraction of sp³-hybridized carbons (Fsp3) is 0.174. The van der Waals surface area contributed by atoms with Crippen LogP contribution in [0, 0.1) is 25.2 Å². The molecule has 1 amide bonds. The average molecular weight is 388 g/mol. The standard InChI is InChI=1S/C23H20N2O4/c1-15-16(2)29-22(20(15)13-24)25-21(26)14-28-23(27)19-11-7-6-10-18(19)12-17-8-4-3-5-9-17/h3-11H,12,14H2,1-2H3,(H,25,26). The van der Waals surface area contributed by atoms with Crippen molar-refractivity contribution in [2.45, 2.75) is 20.3 Å². The van der Waals surface area contributed by atoms with Crippen molar-refractivity contribution in [1.82, 2.24) is 0 Å². The highest BCUT2D eigenvalue weighted by Crippen LogP contribution is 2.25. The number of hydrogen-bond acceptors (Lipinski definition) is 5. The lowest BCUT2D eigenvalue weighted by Gasteiger charge is -2.10. The van der Waals surface area contributed by atoms with Gasteiger partial charge < -0.3 is 9.15 Å². The zero-order valence-corrected chi connectivity index (χ0v) is 16.2. The Morgan fingerprint density at radius 2 is 1.76 bits per heavy atom. The second kappa shape index (κ2) is 8.89. The molecule has 6 heteroatoms. The van der Waals surface area contributed by atoms with Crippen LogP contribution >= 0.6 is 0 Å². The summed E-state index contributed by atoms with van der Waals surface area (Å²) in [6.45, 7) is 2.95. The first kappa shape index (κ1) is 19.9. The van der Waals surface area contributed by atoms with Gasteiger partial charge in [-0.1, -0.05) is 48.5 Å². The fourth-order valence-corrected chi connectivity index (χ4v) is 2.91. The first-order valence-corrected chi connectivity index (χ1v) is 9.08. The third-order valence-corrected chi connectivity index (χ3v) is 4.56. The van der Waals surface area contributed by atoms with E-state index in [-0.39, 0.29) is 11.4 Å². The number of nitriles is 1. The number of amides is 1. The highest BCUT2D eigenvalue weighted by Gasteiger charge is 2.18. The SMILES string of the molecule is Cc1oc(NC(=O)COC(=O)c2ccccc2Cc2ccccc2)c(C#N)c1C. The Morgan fingerprint density at radius 3 is 2.48 bits per heavy atom. The number of nitrogens with zero attached hydrogens (tertiary/aromatic N) is 1. The quantitative estimate of drug-likeness (QED) is 0.640. The highest BCUT2D eigenvalue weighted by atomic mass is 16.5. The first-order chi connectivity index (χ1) is 14.0. The number of hydrogen-bond donors (Lipinski definition) is 1. The third-order valence-electron chi connectivity index (χ3n) is 4.56. The van der Waals surface area contributed by atoms with E-state index in [0.29, 0.717) is 23.3 Å². The lowest BCUT2D eigenvalue weighted by molar-refractivity contribution is -0.119. The van der Waals surface area contributed by atoms with Gasteiger partial charge in [0.1, 0.15) is 17.4 Å². The van der Waals surface area contributed by atoms with E-state index in [0.717, 1.165) is 11.1 Å². The largest absolute Gasteiger partial charge is 0.452 e. The van der Waals surface area contributed by atoms with Gasteiger partial charge in [-0.2, -0.15) is 5.26 Å². The van der Waals surface area contributed by atoms with E-state index < -0.39 is 18.5 Å². The fourth-order valence-electron chi connectivity index (χ4n) is 2.91. The molecule has 1 aromatic heterocycles. The molecule has 2 aromatic carbocycles. The summed E-state index contributed by atoms with van der Waals surface area (Å²) in [6.07, 6.45) is 0.578. The molecule has 0 fully saturated rings. The molecule has 0 aliphatic rings. The van der Waals surface area contributed by atoms with E-state index >= 15 is 0 Å². The lowest BCUT2D eigenvalue weighted by Crippen LogP contribution is -2.21. The summed E-state index contributed by atoms with van der Waals surface area (Å²) in [7, 11) is 0. The minimum atomic E-state index is -0.584. The van der Waals surface area contributed by atoms with E-state index in [1.165, 1.54) is 0 Å². The van der Waals surface area contributed by atoms with Gasteiger partial charge in [0.05, 0.1) is 5.56 Å². The zero-order valence-electron chi connectivity index (χ0n) is 16.2. The van der Waals surface area contributed by atoms with Gasteiger partial charge in [-0.3, -0.25) is 10.1 Å². The van der Waals surface area contributed by atoms with E-state index in [9.17, 15) is 14.9 Å². The smallest absolute Gasteiger partial charge is 0.338 e. The van der Waals surface area contributed by atoms with Gasteiger partial charge in [-0.05, 0) is 37.5 Å². The predicted octanol–water partition coefficient (Wildman–Crippen LogP) is 4.15. The molecule has 0 radical (unpaired) electrons. The van der Waals surface area contributed by atoms with Gasteiger partial charge in [0.15, 0.2) is 6.61 Å². The third kappa shape index (κ3) is 4.71. The summed E-state index contributed by atoms with van der Waals surface area (Å²) in [5, 5.41) is 11.7. The Kier molecular flexibility index (Phi) is 6.10. The number of benzene rings is 2. The van der Waals surface area contributed by atoms with Gasteiger partial charge in [-0.15, -0.1) is 0 Å². The van der Waals surface area contributed by atoms with Gasteiger partial charge in [0, 0.05) is 5.56 Å². The normalized spacial score (nSPS) is 10.2. The van der Waals surface area contributed by atoms with Crippen LogP contribution in [-0.4, -0.2) is 18.5 Å².